The van der Waals surface area contributed by atoms with Crippen molar-refractivity contribution in [2.24, 2.45) is 11.3 Å². The summed E-state index contributed by atoms with van der Waals surface area (Å²) in [5.74, 6) is 0.582. The molecule has 4 heterocycles. The fourth-order valence-corrected chi connectivity index (χ4v) is 7.14. The molecule has 1 aliphatic carbocycles. The van der Waals surface area contributed by atoms with Gasteiger partial charge < -0.3 is 20.9 Å². The van der Waals surface area contributed by atoms with E-state index in [1.165, 1.54) is 28.7 Å². The molecular formula is C34H39N5O3S. The summed E-state index contributed by atoms with van der Waals surface area (Å²) in [7, 11) is 0. The number of aromatic amines is 1. The number of carbonyl (C=O) groups is 2. The largest absolute Gasteiger partial charge is 0.354 e. The molecule has 0 bridgehead atoms. The van der Waals surface area contributed by atoms with Crippen LogP contribution >= 0.6 is 11.3 Å². The lowest BCUT2D eigenvalue weighted by atomic mass is 9.71. The van der Waals surface area contributed by atoms with E-state index in [0.29, 0.717) is 36.7 Å². The van der Waals surface area contributed by atoms with E-state index < -0.39 is 0 Å². The number of thiophene rings is 1. The fourth-order valence-electron chi connectivity index (χ4n) is 6.21. The summed E-state index contributed by atoms with van der Waals surface area (Å²) in [5, 5.41) is 10.6. The number of hydrogen-bond acceptors (Lipinski definition) is 6. The van der Waals surface area contributed by atoms with Crippen LogP contribution in [0, 0.1) is 11.3 Å². The number of hydrogen-bond donors (Lipinski definition) is 4. The van der Waals surface area contributed by atoms with Gasteiger partial charge in [0.1, 0.15) is 4.83 Å². The molecule has 3 aromatic heterocycles. The third kappa shape index (κ3) is 6.73. The Hall–Kier alpha value is -3.82. The number of nitrogens with one attached hydrogen (secondary N) is 4. The van der Waals surface area contributed by atoms with E-state index in [2.05, 4.69) is 47.8 Å². The van der Waals surface area contributed by atoms with Crippen molar-refractivity contribution in [1.29, 1.82) is 0 Å². The van der Waals surface area contributed by atoms with Crippen molar-refractivity contribution in [2.75, 3.05) is 13.1 Å². The average molecular weight is 598 g/mol. The van der Waals surface area contributed by atoms with E-state index in [9.17, 15) is 14.4 Å². The van der Waals surface area contributed by atoms with Crippen molar-refractivity contribution in [2.45, 2.75) is 65.0 Å². The van der Waals surface area contributed by atoms with Gasteiger partial charge in [0.2, 0.25) is 11.5 Å². The highest BCUT2D eigenvalue weighted by Gasteiger charge is 2.30. The van der Waals surface area contributed by atoms with E-state index in [-0.39, 0.29) is 34.9 Å². The van der Waals surface area contributed by atoms with Crippen molar-refractivity contribution in [1.82, 2.24) is 25.9 Å². The summed E-state index contributed by atoms with van der Waals surface area (Å²) < 4.78 is 0. The van der Waals surface area contributed by atoms with Gasteiger partial charge in [-0.2, -0.15) is 0 Å². The lowest BCUT2D eigenvalue weighted by Gasteiger charge is -2.34. The van der Waals surface area contributed by atoms with E-state index in [1.54, 1.807) is 12.3 Å². The van der Waals surface area contributed by atoms with Crippen LogP contribution < -0.4 is 21.5 Å². The Kier molecular flexibility index (Phi) is 8.20. The summed E-state index contributed by atoms with van der Waals surface area (Å²) in [6, 6.07) is 15.5. The van der Waals surface area contributed by atoms with E-state index in [4.69, 9.17) is 4.98 Å². The van der Waals surface area contributed by atoms with Crippen LogP contribution in [0.5, 0.6) is 0 Å². The van der Waals surface area contributed by atoms with Crippen LogP contribution in [0.4, 0.5) is 0 Å². The van der Waals surface area contributed by atoms with Crippen molar-refractivity contribution in [3.63, 3.8) is 0 Å². The molecule has 4 aromatic rings. The highest BCUT2D eigenvalue weighted by atomic mass is 32.1. The second kappa shape index (κ2) is 12.1. The third-order valence-corrected chi connectivity index (χ3v) is 9.94. The maximum Gasteiger partial charge on any atom is 0.261 e. The number of carbonyl (C=O) groups excluding carboxylic acids is 2. The smallest absolute Gasteiger partial charge is 0.261 e. The first-order valence-corrected chi connectivity index (χ1v) is 16.0. The first kappa shape index (κ1) is 29.3. The Balaban J connectivity index is 1.20. The number of aryl methyl sites for hydroxylation is 1. The normalized spacial score (nSPS) is 19.2. The number of nitrogens with zero attached hydrogens (tertiary/aromatic N) is 1. The first-order valence-electron chi connectivity index (χ1n) is 15.1. The third-order valence-electron chi connectivity index (χ3n) is 8.90. The van der Waals surface area contributed by atoms with Gasteiger partial charge in [-0.1, -0.05) is 45.0 Å². The first-order chi connectivity index (χ1) is 20.6. The van der Waals surface area contributed by atoms with Gasteiger partial charge in [-0.05, 0) is 84.0 Å². The van der Waals surface area contributed by atoms with Gasteiger partial charge in [0.05, 0.1) is 10.9 Å². The Bertz CT molecular complexity index is 1680. The summed E-state index contributed by atoms with van der Waals surface area (Å²) >= 11 is 1.45. The number of fused-ring (bicyclic) bond motifs is 2. The number of rotatable bonds is 8. The minimum atomic E-state index is -0.228. The van der Waals surface area contributed by atoms with E-state index in [1.807, 2.05) is 30.3 Å². The zero-order valence-corrected chi connectivity index (χ0v) is 25.8. The van der Waals surface area contributed by atoms with Crippen LogP contribution in [0.15, 0.2) is 59.5 Å². The summed E-state index contributed by atoms with van der Waals surface area (Å²) in [5.41, 5.74) is 5.50. The van der Waals surface area contributed by atoms with Crippen molar-refractivity contribution >= 4 is 33.4 Å². The highest BCUT2D eigenvalue weighted by Crippen LogP contribution is 2.38. The molecule has 2 amide bonds. The predicted molar refractivity (Wildman–Crippen MR) is 171 cm³/mol. The lowest BCUT2D eigenvalue weighted by Crippen LogP contribution is -2.35. The van der Waals surface area contributed by atoms with Gasteiger partial charge in [-0.25, -0.2) is 4.98 Å². The van der Waals surface area contributed by atoms with Crippen LogP contribution in [0.1, 0.15) is 72.6 Å². The summed E-state index contributed by atoms with van der Waals surface area (Å²) in [6.45, 7) is 8.22. The Labute approximate surface area is 255 Å². The van der Waals surface area contributed by atoms with Gasteiger partial charge in [0.25, 0.3) is 5.91 Å². The predicted octanol–water partition coefficient (Wildman–Crippen LogP) is 5.14. The second-order valence-electron chi connectivity index (χ2n) is 12.9. The Morgan fingerprint density at radius 3 is 2.56 bits per heavy atom. The minimum absolute atomic E-state index is 0.0641. The SMILES string of the molecule is CC(C)(C)[C@H]1CCc2nc3sc(C(=O)N[C@H](CCNC4CNC(=O)C4)c4ccc(-c5ccc(=O)[nH]c5)cc4)cc3cc2C1. The summed E-state index contributed by atoms with van der Waals surface area (Å²) in [4.78, 5) is 46.0. The molecule has 0 saturated carbocycles. The molecule has 43 heavy (non-hydrogen) atoms. The zero-order chi connectivity index (χ0) is 30.1. The molecule has 1 aromatic carbocycles. The monoisotopic (exact) mass is 597 g/mol. The van der Waals surface area contributed by atoms with Crippen LogP contribution in [-0.4, -0.2) is 40.9 Å². The standard InChI is InChI=1S/C34H39N5O3S/c1-34(2,3)25-9-10-27-23(15-25)14-24-16-29(43-33(24)39-27)32(42)38-28(12-13-35-26-17-31(41)37-19-26)21-6-4-20(5-7-21)22-8-11-30(40)36-18-22/h4-8,11,14,16,18,25-26,28,35H,9-10,12-13,15,17,19H2,1-3H3,(H,36,40)(H,37,41)(H,38,42)/t25-,26?,28+/m0/s1. The molecule has 9 heteroatoms. The molecule has 8 nitrogen and oxygen atoms in total. The molecule has 4 N–H and O–H groups in total. The number of amides is 2. The van der Waals surface area contributed by atoms with Crippen LogP contribution in [0.25, 0.3) is 21.3 Å². The van der Waals surface area contributed by atoms with Crippen LogP contribution in [0.2, 0.25) is 0 Å². The Morgan fingerprint density at radius 1 is 1.07 bits per heavy atom. The molecular weight excluding hydrogens is 558 g/mol. The molecule has 0 spiro atoms. The zero-order valence-electron chi connectivity index (χ0n) is 25.0. The molecule has 2 aliphatic rings. The van der Waals surface area contributed by atoms with Crippen molar-refractivity contribution in [3.05, 3.63) is 86.8 Å². The maximum atomic E-state index is 13.6. The van der Waals surface area contributed by atoms with Crippen LogP contribution in [-0.2, 0) is 17.6 Å². The fraction of sp³-hybridized carbons (Fsp3) is 0.412. The average Bonchev–Trinajstić information content (AvgIpc) is 3.60. The molecule has 6 rings (SSSR count). The van der Waals surface area contributed by atoms with Gasteiger partial charge in [-0.15, -0.1) is 11.3 Å². The minimum Gasteiger partial charge on any atom is -0.354 e. The van der Waals surface area contributed by atoms with Gasteiger partial charge in [0, 0.05) is 42.4 Å². The molecule has 1 unspecified atom stereocenters. The molecule has 1 fully saturated rings. The number of benzene rings is 1. The molecule has 3 atom stereocenters. The van der Waals surface area contributed by atoms with Crippen molar-refractivity contribution in [3.8, 4) is 11.1 Å². The number of aromatic nitrogens is 2. The van der Waals surface area contributed by atoms with Gasteiger partial charge >= 0.3 is 0 Å². The molecule has 1 saturated heterocycles. The molecule has 0 radical (unpaired) electrons. The van der Waals surface area contributed by atoms with Gasteiger partial charge in [-0.3, -0.25) is 14.4 Å². The maximum absolute atomic E-state index is 13.6. The quantitative estimate of drug-likeness (QED) is 0.225. The summed E-state index contributed by atoms with van der Waals surface area (Å²) in [6.07, 6.45) is 6.01. The highest BCUT2D eigenvalue weighted by molar-refractivity contribution is 7.20. The topological polar surface area (TPSA) is 116 Å². The second-order valence-corrected chi connectivity index (χ2v) is 14.0. The molecule has 1 aliphatic heterocycles. The lowest BCUT2D eigenvalue weighted by molar-refractivity contribution is -0.119. The van der Waals surface area contributed by atoms with E-state index in [0.717, 1.165) is 46.2 Å². The molecule has 224 valence electrons. The van der Waals surface area contributed by atoms with Gasteiger partial charge in [0.15, 0.2) is 0 Å². The number of H-pyrrole nitrogens is 1. The van der Waals surface area contributed by atoms with Crippen molar-refractivity contribution < 1.29 is 9.59 Å². The number of pyridine rings is 2. The van der Waals surface area contributed by atoms with E-state index >= 15 is 0 Å². The van der Waals surface area contributed by atoms with Crippen LogP contribution in [0.3, 0.4) is 0 Å². The Morgan fingerprint density at radius 2 is 1.86 bits per heavy atom.